The monoisotopic (exact) mass is 195 g/mol. The number of hydrogen-bond donors (Lipinski definition) is 1. The summed E-state index contributed by atoms with van der Waals surface area (Å²) in [4.78, 5) is 1.54. The third kappa shape index (κ3) is 2.12. The van der Waals surface area contributed by atoms with Gasteiger partial charge in [-0.2, -0.15) is 0 Å². The highest BCUT2D eigenvalue weighted by molar-refractivity contribution is 7.10. The van der Waals surface area contributed by atoms with Crippen molar-refractivity contribution in [2.45, 2.75) is 45.2 Å². The maximum Gasteiger partial charge on any atom is 0.0305 e. The molecule has 0 unspecified atom stereocenters. The summed E-state index contributed by atoms with van der Waals surface area (Å²) in [6, 6.07) is 3.06. The molecule has 1 saturated carbocycles. The quantitative estimate of drug-likeness (QED) is 0.779. The van der Waals surface area contributed by atoms with Gasteiger partial charge in [-0.3, -0.25) is 0 Å². The highest BCUT2D eigenvalue weighted by Crippen LogP contribution is 2.21. The van der Waals surface area contributed by atoms with Crippen molar-refractivity contribution in [2.24, 2.45) is 0 Å². The molecule has 1 aromatic heterocycles. The largest absolute Gasteiger partial charge is 0.309 e. The third-order valence-electron chi connectivity index (χ3n) is 2.88. The summed E-state index contributed by atoms with van der Waals surface area (Å²) < 4.78 is 0. The number of aryl methyl sites for hydroxylation is 1. The van der Waals surface area contributed by atoms with Crippen LogP contribution in [0.15, 0.2) is 11.4 Å². The molecule has 72 valence electrons. The lowest BCUT2D eigenvalue weighted by Gasteiger charge is -2.26. The summed E-state index contributed by atoms with van der Waals surface area (Å²) in [5, 5.41) is 5.81. The molecule has 0 spiro atoms. The van der Waals surface area contributed by atoms with Crippen molar-refractivity contribution in [3.8, 4) is 0 Å². The number of hydrogen-bond acceptors (Lipinski definition) is 2. The van der Waals surface area contributed by atoms with Crippen molar-refractivity contribution in [1.29, 1.82) is 0 Å². The minimum Gasteiger partial charge on any atom is -0.309 e. The fourth-order valence-corrected chi connectivity index (χ4v) is 2.61. The molecule has 0 aliphatic heterocycles. The molecule has 1 aliphatic carbocycles. The average molecular weight is 195 g/mol. The predicted octanol–water partition coefficient (Wildman–Crippen LogP) is 2.95. The molecule has 2 heteroatoms. The van der Waals surface area contributed by atoms with Crippen molar-refractivity contribution in [3.05, 3.63) is 21.9 Å². The Morgan fingerprint density at radius 3 is 3.00 bits per heavy atom. The first kappa shape index (κ1) is 9.22. The maximum absolute atomic E-state index is 3.61. The molecule has 1 aromatic rings. The average Bonchev–Trinajstić information content (AvgIpc) is 2.49. The summed E-state index contributed by atoms with van der Waals surface area (Å²) in [6.45, 7) is 3.32. The van der Waals surface area contributed by atoms with Crippen LogP contribution in [-0.4, -0.2) is 6.04 Å². The van der Waals surface area contributed by atoms with Crippen LogP contribution in [0, 0.1) is 0 Å². The van der Waals surface area contributed by atoms with Gasteiger partial charge < -0.3 is 5.32 Å². The van der Waals surface area contributed by atoms with Crippen LogP contribution < -0.4 is 5.32 Å². The molecule has 0 atom stereocenters. The fourth-order valence-electron chi connectivity index (χ4n) is 1.69. The SMILES string of the molecule is CCc1ccsc1CNC1CCC1. The van der Waals surface area contributed by atoms with Crippen LogP contribution in [0.25, 0.3) is 0 Å². The standard InChI is InChI=1S/C11H17NS/c1-2-9-6-7-13-11(9)8-12-10-4-3-5-10/h6-7,10,12H,2-5,8H2,1H3. The number of thiophene rings is 1. The first-order chi connectivity index (χ1) is 6.40. The summed E-state index contributed by atoms with van der Waals surface area (Å²) in [5.74, 6) is 0. The summed E-state index contributed by atoms with van der Waals surface area (Å²) in [7, 11) is 0. The lowest BCUT2D eigenvalue weighted by atomic mass is 9.93. The van der Waals surface area contributed by atoms with E-state index in [1.54, 1.807) is 0 Å². The topological polar surface area (TPSA) is 12.0 Å². The Bertz CT molecular complexity index is 263. The van der Waals surface area contributed by atoms with Gasteiger partial charge in [-0.25, -0.2) is 0 Å². The highest BCUT2D eigenvalue weighted by Gasteiger charge is 2.16. The Labute approximate surface area is 84.2 Å². The van der Waals surface area contributed by atoms with Crippen LogP contribution in [0.4, 0.5) is 0 Å². The molecule has 0 bridgehead atoms. The molecule has 0 amide bonds. The molecule has 0 saturated heterocycles. The van der Waals surface area contributed by atoms with Crippen molar-refractivity contribution < 1.29 is 0 Å². The molecular formula is C11H17NS. The van der Waals surface area contributed by atoms with E-state index in [1.165, 1.54) is 36.1 Å². The Morgan fingerprint density at radius 2 is 2.38 bits per heavy atom. The van der Waals surface area contributed by atoms with Crippen molar-refractivity contribution in [2.75, 3.05) is 0 Å². The molecule has 0 aromatic carbocycles. The number of rotatable bonds is 4. The van der Waals surface area contributed by atoms with E-state index >= 15 is 0 Å². The van der Waals surface area contributed by atoms with E-state index < -0.39 is 0 Å². The lowest BCUT2D eigenvalue weighted by molar-refractivity contribution is 0.339. The first-order valence-corrected chi connectivity index (χ1v) is 6.06. The normalized spacial score (nSPS) is 17.3. The van der Waals surface area contributed by atoms with E-state index in [1.807, 2.05) is 11.3 Å². The minimum absolute atomic E-state index is 0.812. The van der Waals surface area contributed by atoms with Gasteiger partial charge in [-0.15, -0.1) is 11.3 Å². The van der Waals surface area contributed by atoms with E-state index in [-0.39, 0.29) is 0 Å². The fraction of sp³-hybridized carbons (Fsp3) is 0.636. The zero-order valence-electron chi connectivity index (χ0n) is 8.18. The summed E-state index contributed by atoms with van der Waals surface area (Å²) in [6.07, 6.45) is 5.35. The van der Waals surface area contributed by atoms with Crippen molar-refractivity contribution in [1.82, 2.24) is 5.32 Å². The van der Waals surface area contributed by atoms with Gasteiger partial charge in [0.2, 0.25) is 0 Å². The molecule has 1 nitrogen and oxygen atoms in total. The summed E-state index contributed by atoms with van der Waals surface area (Å²) in [5.41, 5.74) is 1.52. The highest BCUT2D eigenvalue weighted by atomic mass is 32.1. The van der Waals surface area contributed by atoms with Gasteiger partial charge in [0.25, 0.3) is 0 Å². The lowest BCUT2D eigenvalue weighted by Crippen LogP contribution is -2.34. The molecule has 1 N–H and O–H groups in total. The van der Waals surface area contributed by atoms with Gasteiger partial charge in [-0.1, -0.05) is 13.3 Å². The van der Waals surface area contributed by atoms with Crippen molar-refractivity contribution >= 4 is 11.3 Å². The van der Waals surface area contributed by atoms with E-state index in [4.69, 9.17) is 0 Å². The van der Waals surface area contributed by atoms with Crippen LogP contribution in [0.5, 0.6) is 0 Å². The first-order valence-electron chi connectivity index (χ1n) is 5.18. The molecule has 13 heavy (non-hydrogen) atoms. The summed E-state index contributed by atoms with van der Waals surface area (Å²) >= 11 is 1.89. The Hall–Kier alpha value is -0.340. The molecule has 1 fully saturated rings. The molecule has 1 heterocycles. The Kier molecular flexibility index (Phi) is 3.01. The Morgan fingerprint density at radius 1 is 1.54 bits per heavy atom. The second-order valence-corrected chi connectivity index (χ2v) is 4.73. The maximum atomic E-state index is 3.61. The zero-order chi connectivity index (χ0) is 9.10. The Balaban J connectivity index is 1.85. The van der Waals surface area contributed by atoms with Gasteiger partial charge in [0.15, 0.2) is 0 Å². The van der Waals surface area contributed by atoms with Crippen LogP contribution >= 0.6 is 11.3 Å². The third-order valence-corrected chi connectivity index (χ3v) is 3.84. The van der Waals surface area contributed by atoms with E-state index in [2.05, 4.69) is 23.7 Å². The second-order valence-electron chi connectivity index (χ2n) is 3.73. The molecule has 0 radical (unpaired) electrons. The van der Waals surface area contributed by atoms with Gasteiger partial charge in [0, 0.05) is 17.5 Å². The molecule has 1 aliphatic rings. The van der Waals surface area contributed by atoms with Gasteiger partial charge in [-0.05, 0) is 36.3 Å². The smallest absolute Gasteiger partial charge is 0.0305 e. The van der Waals surface area contributed by atoms with E-state index in [0.717, 1.165) is 12.6 Å². The van der Waals surface area contributed by atoms with Crippen LogP contribution in [0.3, 0.4) is 0 Å². The van der Waals surface area contributed by atoms with Crippen molar-refractivity contribution in [3.63, 3.8) is 0 Å². The van der Waals surface area contributed by atoms with Crippen LogP contribution in [0.2, 0.25) is 0 Å². The molecule has 2 rings (SSSR count). The van der Waals surface area contributed by atoms with Crippen LogP contribution in [-0.2, 0) is 13.0 Å². The van der Waals surface area contributed by atoms with Gasteiger partial charge >= 0.3 is 0 Å². The van der Waals surface area contributed by atoms with E-state index in [9.17, 15) is 0 Å². The van der Waals surface area contributed by atoms with Crippen LogP contribution in [0.1, 0.15) is 36.6 Å². The molecular weight excluding hydrogens is 178 g/mol. The number of nitrogens with one attached hydrogen (secondary N) is 1. The zero-order valence-corrected chi connectivity index (χ0v) is 8.99. The van der Waals surface area contributed by atoms with Gasteiger partial charge in [0.1, 0.15) is 0 Å². The van der Waals surface area contributed by atoms with E-state index in [0.29, 0.717) is 0 Å². The second kappa shape index (κ2) is 4.25. The van der Waals surface area contributed by atoms with Gasteiger partial charge in [0.05, 0.1) is 0 Å². The minimum atomic E-state index is 0.812. The predicted molar refractivity (Wildman–Crippen MR) is 58.2 cm³/mol.